The maximum Gasteiger partial charge on any atom is 0.143 e. The van der Waals surface area contributed by atoms with Crippen molar-refractivity contribution in [2.24, 2.45) is 5.92 Å². The van der Waals surface area contributed by atoms with Crippen molar-refractivity contribution in [3.63, 3.8) is 0 Å². The fraction of sp³-hybridized carbons (Fsp3) is 0.500. The van der Waals surface area contributed by atoms with Crippen molar-refractivity contribution in [1.82, 2.24) is 15.3 Å². The Balaban J connectivity index is 2.30. The van der Waals surface area contributed by atoms with Crippen LogP contribution in [0.1, 0.15) is 24.4 Å². The van der Waals surface area contributed by atoms with Gasteiger partial charge in [0.1, 0.15) is 10.7 Å². The smallest absolute Gasteiger partial charge is 0.143 e. The van der Waals surface area contributed by atoms with Crippen LogP contribution in [0.25, 0.3) is 10.7 Å². The number of hydrogen-bond acceptors (Lipinski definition) is 5. The minimum absolute atomic E-state index is 0.635. The lowest BCUT2D eigenvalue weighted by molar-refractivity contribution is 0.631. The van der Waals surface area contributed by atoms with Crippen LogP contribution in [0, 0.1) is 5.92 Å². The van der Waals surface area contributed by atoms with Crippen molar-refractivity contribution in [3.05, 3.63) is 21.5 Å². The molecule has 5 heteroatoms. The molecule has 0 unspecified atom stereocenters. The quantitative estimate of drug-likeness (QED) is 0.904. The number of aromatic nitrogens is 2. The van der Waals surface area contributed by atoms with Crippen LogP contribution in [0.4, 0.5) is 0 Å². The molecular formula is C12H17N3S2. The zero-order valence-electron chi connectivity index (χ0n) is 10.4. The number of hydrogen-bond donors (Lipinski definition) is 1. The lowest BCUT2D eigenvalue weighted by atomic mass is 10.1. The van der Waals surface area contributed by atoms with E-state index in [1.165, 1.54) is 10.6 Å². The van der Waals surface area contributed by atoms with Gasteiger partial charge in [0.15, 0.2) is 0 Å². The third-order valence-electron chi connectivity index (χ3n) is 2.37. The minimum atomic E-state index is 0.635. The van der Waals surface area contributed by atoms with Crippen LogP contribution in [0.15, 0.2) is 10.9 Å². The van der Waals surface area contributed by atoms with Gasteiger partial charge >= 0.3 is 0 Å². The van der Waals surface area contributed by atoms with Gasteiger partial charge in [-0.05, 0) is 19.4 Å². The molecule has 3 nitrogen and oxygen atoms in total. The van der Waals surface area contributed by atoms with Crippen molar-refractivity contribution in [1.29, 1.82) is 0 Å². The summed E-state index contributed by atoms with van der Waals surface area (Å²) in [6, 6.07) is 0. The summed E-state index contributed by atoms with van der Waals surface area (Å²) < 4.78 is 0. The van der Waals surface area contributed by atoms with Crippen LogP contribution in [-0.2, 0) is 13.0 Å². The van der Waals surface area contributed by atoms with Crippen molar-refractivity contribution in [2.75, 3.05) is 7.05 Å². The maximum absolute atomic E-state index is 4.73. The van der Waals surface area contributed by atoms with Gasteiger partial charge in [0.2, 0.25) is 0 Å². The Morgan fingerprint density at radius 1 is 1.41 bits per heavy atom. The number of thiazole rings is 2. The highest BCUT2D eigenvalue weighted by Gasteiger charge is 2.14. The van der Waals surface area contributed by atoms with Gasteiger partial charge in [0, 0.05) is 16.8 Å². The lowest BCUT2D eigenvalue weighted by Gasteiger charge is -2.03. The van der Waals surface area contributed by atoms with E-state index >= 15 is 0 Å². The Bertz CT molecular complexity index is 460. The van der Waals surface area contributed by atoms with E-state index in [9.17, 15) is 0 Å². The first-order chi connectivity index (χ1) is 8.20. The maximum atomic E-state index is 4.73. The molecule has 0 aliphatic heterocycles. The summed E-state index contributed by atoms with van der Waals surface area (Å²) in [4.78, 5) is 10.4. The van der Waals surface area contributed by atoms with E-state index in [0.717, 1.165) is 23.7 Å². The van der Waals surface area contributed by atoms with Crippen LogP contribution < -0.4 is 5.32 Å². The lowest BCUT2D eigenvalue weighted by Crippen LogP contribution is -2.07. The average Bonchev–Trinajstić information content (AvgIpc) is 2.87. The Morgan fingerprint density at radius 2 is 2.24 bits per heavy atom. The fourth-order valence-corrected chi connectivity index (χ4v) is 3.34. The van der Waals surface area contributed by atoms with Gasteiger partial charge in [-0.15, -0.1) is 22.7 Å². The van der Waals surface area contributed by atoms with E-state index in [2.05, 4.69) is 29.5 Å². The highest BCUT2D eigenvalue weighted by Crippen LogP contribution is 2.29. The molecule has 0 fully saturated rings. The molecule has 1 N–H and O–H groups in total. The monoisotopic (exact) mass is 267 g/mol. The Hall–Kier alpha value is -0.780. The highest BCUT2D eigenvalue weighted by atomic mass is 32.1. The first-order valence-corrected chi connectivity index (χ1v) is 7.48. The predicted octanol–water partition coefficient (Wildman–Crippen LogP) is 3.18. The molecule has 0 atom stereocenters. The Morgan fingerprint density at radius 3 is 2.82 bits per heavy atom. The molecule has 0 aliphatic carbocycles. The number of rotatable bonds is 5. The van der Waals surface area contributed by atoms with Crippen LogP contribution in [0.5, 0.6) is 0 Å². The van der Waals surface area contributed by atoms with Gasteiger partial charge < -0.3 is 5.32 Å². The van der Waals surface area contributed by atoms with Gasteiger partial charge in [-0.2, -0.15) is 0 Å². The first-order valence-electron chi connectivity index (χ1n) is 5.72. The Kier molecular flexibility index (Phi) is 4.25. The molecule has 0 aromatic carbocycles. The van der Waals surface area contributed by atoms with Crippen LogP contribution in [-0.4, -0.2) is 17.0 Å². The molecule has 0 radical (unpaired) electrons. The van der Waals surface area contributed by atoms with Crippen LogP contribution >= 0.6 is 22.7 Å². The largest absolute Gasteiger partial charge is 0.315 e. The molecule has 2 aromatic rings. The summed E-state index contributed by atoms with van der Waals surface area (Å²) in [7, 11) is 1.97. The topological polar surface area (TPSA) is 37.8 Å². The summed E-state index contributed by atoms with van der Waals surface area (Å²) >= 11 is 3.37. The summed E-state index contributed by atoms with van der Waals surface area (Å²) in [6.45, 7) is 5.35. The van der Waals surface area contributed by atoms with E-state index in [-0.39, 0.29) is 0 Å². The fourth-order valence-electron chi connectivity index (χ4n) is 1.66. The summed E-state index contributed by atoms with van der Waals surface area (Å²) in [6.07, 6.45) is 1.04. The normalized spacial score (nSPS) is 11.3. The SMILES string of the molecule is CNCc1sc(-c2cscn2)nc1CC(C)C. The molecule has 92 valence electrons. The second kappa shape index (κ2) is 5.71. The van der Waals surface area contributed by atoms with E-state index in [4.69, 9.17) is 4.98 Å². The summed E-state index contributed by atoms with van der Waals surface area (Å²) in [5.41, 5.74) is 4.09. The molecule has 0 amide bonds. The molecule has 0 saturated carbocycles. The highest BCUT2D eigenvalue weighted by molar-refractivity contribution is 7.15. The molecular weight excluding hydrogens is 250 g/mol. The second-order valence-corrected chi connectivity index (χ2v) is 6.19. The van der Waals surface area contributed by atoms with E-state index in [1.54, 1.807) is 22.7 Å². The standard InChI is InChI=1S/C12H17N3S2/c1-8(2)4-9-11(5-13-3)17-12(15-9)10-6-16-7-14-10/h6-8,13H,4-5H2,1-3H3. The van der Waals surface area contributed by atoms with Crippen molar-refractivity contribution >= 4 is 22.7 Å². The van der Waals surface area contributed by atoms with Gasteiger partial charge in [0.05, 0.1) is 11.2 Å². The molecule has 2 rings (SSSR count). The van der Waals surface area contributed by atoms with E-state index < -0.39 is 0 Å². The van der Waals surface area contributed by atoms with E-state index in [1.807, 2.05) is 12.6 Å². The molecule has 0 saturated heterocycles. The molecule has 0 spiro atoms. The minimum Gasteiger partial charge on any atom is -0.315 e. The van der Waals surface area contributed by atoms with Crippen molar-refractivity contribution in [3.8, 4) is 10.7 Å². The molecule has 17 heavy (non-hydrogen) atoms. The number of nitrogens with one attached hydrogen (secondary N) is 1. The molecule has 0 bridgehead atoms. The third-order valence-corrected chi connectivity index (χ3v) is 4.08. The third kappa shape index (κ3) is 3.12. The second-order valence-electron chi connectivity index (χ2n) is 4.39. The van der Waals surface area contributed by atoms with Crippen molar-refractivity contribution in [2.45, 2.75) is 26.8 Å². The van der Waals surface area contributed by atoms with Crippen molar-refractivity contribution < 1.29 is 0 Å². The summed E-state index contributed by atoms with van der Waals surface area (Å²) in [5, 5.41) is 6.31. The molecule has 0 aliphatic rings. The average molecular weight is 267 g/mol. The molecule has 2 aromatic heterocycles. The zero-order chi connectivity index (χ0) is 12.3. The van der Waals surface area contributed by atoms with E-state index in [0.29, 0.717) is 5.92 Å². The predicted molar refractivity (Wildman–Crippen MR) is 74.5 cm³/mol. The van der Waals surface area contributed by atoms with Crippen LogP contribution in [0.3, 0.4) is 0 Å². The van der Waals surface area contributed by atoms with Gasteiger partial charge in [0.25, 0.3) is 0 Å². The molecule has 2 heterocycles. The first kappa shape index (κ1) is 12.7. The van der Waals surface area contributed by atoms with Gasteiger partial charge in [-0.1, -0.05) is 13.8 Å². The summed E-state index contributed by atoms with van der Waals surface area (Å²) in [5.74, 6) is 0.635. The number of nitrogens with zero attached hydrogens (tertiary/aromatic N) is 2. The zero-order valence-corrected chi connectivity index (χ0v) is 12.0. The van der Waals surface area contributed by atoms with Gasteiger partial charge in [-0.25, -0.2) is 9.97 Å². The Labute approximate surface area is 110 Å². The van der Waals surface area contributed by atoms with Gasteiger partial charge in [-0.3, -0.25) is 0 Å². The van der Waals surface area contributed by atoms with Crippen LogP contribution in [0.2, 0.25) is 0 Å².